The summed E-state index contributed by atoms with van der Waals surface area (Å²) in [7, 11) is 1.94. The van der Waals surface area contributed by atoms with Gasteiger partial charge >= 0.3 is 0 Å². The lowest BCUT2D eigenvalue weighted by atomic mass is 9.77. The molecule has 1 N–H and O–H groups in total. The Balaban J connectivity index is 2.21. The summed E-state index contributed by atoms with van der Waals surface area (Å²) in [5.41, 5.74) is 1.09. The number of hydrogen-bond donors (Lipinski definition) is 1. The zero-order valence-electron chi connectivity index (χ0n) is 8.76. The van der Waals surface area contributed by atoms with E-state index in [2.05, 4.69) is 5.32 Å². The van der Waals surface area contributed by atoms with Gasteiger partial charge in [0.15, 0.2) is 0 Å². The van der Waals surface area contributed by atoms with Gasteiger partial charge in [-0.05, 0) is 43.5 Å². The smallest absolute Gasteiger partial charge is 0.141 e. The summed E-state index contributed by atoms with van der Waals surface area (Å²) in [6, 6.07) is 5.31. The largest absolute Gasteiger partial charge is 0.313 e. The van der Waals surface area contributed by atoms with E-state index in [1.54, 1.807) is 6.07 Å². The molecule has 0 saturated heterocycles. The topological polar surface area (TPSA) is 12.0 Å². The van der Waals surface area contributed by atoms with Gasteiger partial charge in [0.25, 0.3) is 0 Å². The van der Waals surface area contributed by atoms with E-state index in [9.17, 15) is 4.39 Å². The second-order valence-electron chi connectivity index (χ2n) is 4.13. The number of benzene rings is 1. The van der Waals surface area contributed by atoms with E-state index in [0.29, 0.717) is 12.0 Å². The van der Waals surface area contributed by atoms with E-state index < -0.39 is 0 Å². The molecule has 0 aliphatic heterocycles. The van der Waals surface area contributed by atoms with Crippen molar-refractivity contribution in [1.82, 2.24) is 5.32 Å². The van der Waals surface area contributed by atoms with Gasteiger partial charge in [0, 0.05) is 6.04 Å². The van der Waals surface area contributed by atoms with Crippen LogP contribution in [0.15, 0.2) is 18.2 Å². The van der Waals surface area contributed by atoms with Crippen LogP contribution < -0.4 is 5.32 Å². The monoisotopic (exact) mass is 227 g/mol. The summed E-state index contributed by atoms with van der Waals surface area (Å²) in [6.07, 6.45) is 3.80. The fraction of sp³-hybridized carbons (Fsp3) is 0.500. The molecule has 3 heteroatoms. The van der Waals surface area contributed by atoms with Crippen LogP contribution in [-0.4, -0.2) is 7.05 Å². The zero-order chi connectivity index (χ0) is 10.8. The SMILES string of the molecule is CNC(c1ccc(F)c(Cl)c1)C1CCC1. The summed E-state index contributed by atoms with van der Waals surface area (Å²) in [6.45, 7) is 0. The molecule has 0 spiro atoms. The van der Waals surface area contributed by atoms with E-state index >= 15 is 0 Å². The minimum Gasteiger partial charge on any atom is -0.313 e. The second kappa shape index (κ2) is 4.50. The van der Waals surface area contributed by atoms with Crippen molar-refractivity contribution in [2.75, 3.05) is 7.05 Å². The lowest BCUT2D eigenvalue weighted by Gasteiger charge is -2.34. The summed E-state index contributed by atoms with van der Waals surface area (Å²) >= 11 is 5.78. The van der Waals surface area contributed by atoms with Crippen LogP contribution in [0.5, 0.6) is 0 Å². The fourth-order valence-corrected chi connectivity index (χ4v) is 2.34. The van der Waals surface area contributed by atoms with Crippen LogP contribution in [0.25, 0.3) is 0 Å². The van der Waals surface area contributed by atoms with Crippen molar-refractivity contribution in [2.45, 2.75) is 25.3 Å². The molecule has 1 aromatic rings. The minimum atomic E-state index is -0.344. The molecule has 1 saturated carbocycles. The quantitative estimate of drug-likeness (QED) is 0.833. The van der Waals surface area contributed by atoms with Gasteiger partial charge in [-0.1, -0.05) is 24.1 Å². The summed E-state index contributed by atoms with van der Waals surface area (Å²) in [4.78, 5) is 0. The van der Waals surface area contributed by atoms with E-state index in [-0.39, 0.29) is 10.8 Å². The maximum atomic E-state index is 13.0. The van der Waals surface area contributed by atoms with Crippen molar-refractivity contribution >= 4 is 11.6 Å². The predicted octanol–water partition coefficient (Wildman–Crippen LogP) is 3.54. The lowest BCUT2D eigenvalue weighted by Crippen LogP contribution is -2.29. The van der Waals surface area contributed by atoms with Crippen LogP contribution in [-0.2, 0) is 0 Å². The summed E-state index contributed by atoms with van der Waals surface area (Å²) in [5, 5.41) is 3.50. The average molecular weight is 228 g/mol. The first-order valence-electron chi connectivity index (χ1n) is 5.34. The molecular formula is C12H15ClFN. The number of halogens is 2. The third-order valence-electron chi connectivity index (χ3n) is 3.24. The van der Waals surface area contributed by atoms with Gasteiger partial charge in [0.1, 0.15) is 5.82 Å². The van der Waals surface area contributed by atoms with Crippen LogP contribution in [0.1, 0.15) is 30.9 Å². The Morgan fingerprint density at radius 3 is 2.67 bits per heavy atom. The van der Waals surface area contributed by atoms with E-state index in [4.69, 9.17) is 11.6 Å². The fourth-order valence-electron chi connectivity index (χ4n) is 2.15. The molecule has 1 unspecified atom stereocenters. The normalized spacial score (nSPS) is 18.6. The van der Waals surface area contributed by atoms with E-state index in [0.717, 1.165) is 5.56 Å². The van der Waals surface area contributed by atoms with Crippen molar-refractivity contribution in [3.05, 3.63) is 34.6 Å². The number of nitrogens with one attached hydrogen (secondary N) is 1. The minimum absolute atomic E-state index is 0.215. The highest BCUT2D eigenvalue weighted by Gasteiger charge is 2.27. The van der Waals surface area contributed by atoms with Crippen molar-refractivity contribution in [2.24, 2.45) is 5.92 Å². The Bertz CT molecular complexity index is 349. The van der Waals surface area contributed by atoms with Crippen molar-refractivity contribution in [1.29, 1.82) is 0 Å². The van der Waals surface area contributed by atoms with Gasteiger partial charge in [-0.25, -0.2) is 4.39 Å². The highest BCUT2D eigenvalue weighted by atomic mass is 35.5. The van der Waals surface area contributed by atoms with Crippen LogP contribution in [0.4, 0.5) is 4.39 Å². The van der Waals surface area contributed by atoms with Gasteiger partial charge < -0.3 is 5.32 Å². The standard InChI is InChI=1S/C12H15ClFN/c1-15-12(8-3-2-4-8)9-5-6-11(14)10(13)7-9/h5-8,12,15H,2-4H2,1H3. The molecular weight excluding hydrogens is 213 g/mol. The lowest BCUT2D eigenvalue weighted by molar-refractivity contribution is 0.239. The zero-order valence-corrected chi connectivity index (χ0v) is 9.52. The summed E-state index contributed by atoms with van der Waals surface area (Å²) < 4.78 is 13.0. The highest BCUT2D eigenvalue weighted by molar-refractivity contribution is 6.30. The second-order valence-corrected chi connectivity index (χ2v) is 4.54. The van der Waals surface area contributed by atoms with Crippen LogP contribution in [0, 0.1) is 11.7 Å². The van der Waals surface area contributed by atoms with E-state index in [1.807, 2.05) is 13.1 Å². The molecule has 15 heavy (non-hydrogen) atoms. The molecule has 2 rings (SSSR count). The Kier molecular flexibility index (Phi) is 3.27. The van der Waals surface area contributed by atoms with Gasteiger partial charge in [-0.15, -0.1) is 0 Å². The Morgan fingerprint density at radius 1 is 1.47 bits per heavy atom. The molecule has 82 valence electrons. The van der Waals surface area contributed by atoms with Crippen LogP contribution in [0.3, 0.4) is 0 Å². The molecule has 0 radical (unpaired) electrons. The molecule has 1 fully saturated rings. The highest BCUT2D eigenvalue weighted by Crippen LogP contribution is 2.38. The van der Waals surface area contributed by atoms with Gasteiger partial charge in [0.2, 0.25) is 0 Å². The van der Waals surface area contributed by atoms with Crippen LogP contribution in [0.2, 0.25) is 5.02 Å². The molecule has 1 aliphatic rings. The Labute approximate surface area is 94.6 Å². The average Bonchev–Trinajstić information content (AvgIpc) is 2.16. The van der Waals surface area contributed by atoms with Crippen molar-refractivity contribution in [3.8, 4) is 0 Å². The third kappa shape index (κ3) is 2.16. The maximum Gasteiger partial charge on any atom is 0.141 e. The first kappa shape index (κ1) is 10.9. The van der Waals surface area contributed by atoms with Gasteiger partial charge in [-0.2, -0.15) is 0 Å². The van der Waals surface area contributed by atoms with Gasteiger partial charge in [0.05, 0.1) is 5.02 Å². The molecule has 0 amide bonds. The predicted molar refractivity (Wildman–Crippen MR) is 60.6 cm³/mol. The van der Waals surface area contributed by atoms with E-state index in [1.165, 1.54) is 25.3 Å². The molecule has 1 aromatic carbocycles. The summed E-state index contributed by atoms with van der Waals surface area (Å²) in [5.74, 6) is 0.334. The maximum absolute atomic E-state index is 13.0. The van der Waals surface area contributed by atoms with Crippen LogP contribution >= 0.6 is 11.6 Å². The molecule has 1 nitrogen and oxygen atoms in total. The Hall–Kier alpha value is -0.600. The molecule has 0 heterocycles. The first-order valence-corrected chi connectivity index (χ1v) is 5.72. The Morgan fingerprint density at radius 2 is 2.20 bits per heavy atom. The van der Waals surface area contributed by atoms with Crippen molar-refractivity contribution in [3.63, 3.8) is 0 Å². The number of hydrogen-bond acceptors (Lipinski definition) is 1. The molecule has 0 aromatic heterocycles. The van der Waals surface area contributed by atoms with Gasteiger partial charge in [-0.3, -0.25) is 0 Å². The van der Waals surface area contributed by atoms with Crippen molar-refractivity contribution < 1.29 is 4.39 Å². The number of rotatable bonds is 3. The third-order valence-corrected chi connectivity index (χ3v) is 3.52. The molecule has 1 atom stereocenters. The molecule has 1 aliphatic carbocycles. The molecule has 0 bridgehead atoms. The first-order chi connectivity index (χ1) is 7.22.